The molecular formula is C23H26N4O2. The van der Waals surface area contributed by atoms with Gasteiger partial charge in [-0.05, 0) is 44.2 Å². The Balaban J connectivity index is 1.59. The molecule has 0 saturated carbocycles. The second kappa shape index (κ2) is 9.10. The van der Waals surface area contributed by atoms with Crippen LogP contribution in [0.3, 0.4) is 0 Å². The zero-order chi connectivity index (χ0) is 20.8. The molecular weight excluding hydrogens is 364 g/mol. The second-order valence-corrected chi connectivity index (χ2v) is 6.97. The number of carbonyl (C=O) groups is 1. The summed E-state index contributed by atoms with van der Waals surface area (Å²) >= 11 is 0. The third-order valence-corrected chi connectivity index (χ3v) is 4.58. The molecule has 0 aliphatic rings. The fourth-order valence-electron chi connectivity index (χ4n) is 3.10. The molecule has 0 bridgehead atoms. The highest BCUT2D eigenvalue weighted by atomic mass is 16.5. The van der Waals surface area contributed by atoms with Gasteiger partial charge < -0.3 is 14.2 Å². The lowest BCUT2D eigenvalue weighted by Gasteiger charge is -2.13. The van der Waals surface area contributed by atoms with Crippen molar-refractivity contribution in [1.82, 2.24) is 9.99 Å². The van der Waals surface area contributed by atoms with Gasteiger partial charge in [0.1, 0.15) is 5.75 Å². The van der Waals surface area contributed by atoms with Crippen molar-refractivity contribution in [2.45, 2.75) is 13.8 Å². The number of rotatable bonds is 7. The summed E-state index contributed by atoms with van der Waals surface area (Å²) in [6, 6.07) is 19.8. The Morgan fingerprint density at radius 2 is 1.86 bits per heavy atom. The van der Waals surface area contributed by atoms with Gasteiger partial charge in [0.15, 0.2) is 6.61 Å². The Kier molecular flexibility index (Phi) is 6.34. The molecule has 2 aromatic carbocycles. The molecule has 1 heterocycles. The molecule has 6 heteroatoms. The van der Waals surface area contributed by atoms with Crippen LogP contribution in [0, 0.1) is 13.8 Å². The van der Waals surface area contributed by atoms with Gasteiger partial charge in [0.25, 0.3) is 5.91 Å². The van der Waals surface area contributed by atoms with Crippen LogP contribution < -0.4 is 15.1 Å². The molecule has 3 rings (SSSR count). The first-order chi connectivity index (χ1) is 14.0. The van der Waals surface area contributed by atoms with Gasteiger partial charge in [-0.15, -0.1) is 0 Å². The number of aromatic nitrogens is 1. The Morgan fingerprint density at radius 3 is 2.59 bits per heavy atom. The van der Waals surface area contributed by atoms with E-state index in [0.29, 0.717) is 5.75 Å². The zero-order valence-corrected chi connectivity index (χ0v) is 17.2. The number of para-hydroxylation sites is 1. The maximum Gasteiger partial charge on any atom is 0.277 e. The highest BCUT2D eigenvalue weighted by Gasteiger charge is 2.09. The van der Waals surface area contributed by atoms with E-state index in [0.717, 1.165) is 28.3 Å². The minimum absolute atomic E-state index is 0.0999. The van der Waals surface area contributed by atoms with Gasteiger partial charge in [0.2, 0.25) is 0 Å². The van der Waals surface area contributed by atoms with Gasteiger partial charge in [-0.25, -0.2) is 5.43 Å². The molecule has 6 nitrogen and oxygen atoms in total. The van der Waals surface area contributed by atoms with Crippen molar-refractivity contribution in [3.63, 3.8) is 0 Å². The van der Waals surface area contributed by atoms with Crippen LogP contribution in [0.4, 0.5) is 5.69 Å². The third kappa shape index (κ3) is 5.04. The van der Waals surface area contributed by atoms with Crippen molar-refractivity contribution in [1.29, 1.82) is 0 Å². The summed E-state index contributed by atoms with van der Waals surface area (Å²) in [6.45, 7) is 3.98. The minimum atomic E-state index is -0.312. The van der Waals surface area contributed by atoms with Crippen LogP contribution in [-0.4, -0.2) is 37.4 Å². The van der Waals surface area contributed by atoms with E-state index in [4.69, 9.17) is 4.74 Å². The molecule has 0 spiro atoms. The summed E-state index contributed by atoms with van der Waals surface area (Å²) in [6.07, 6.45) is 1.66. The molecule has 1 N–H and O–H groups in total. The first kappa shape index (κ1) is 20.2. The molecule has 1 amide bonds. The summed E-state index contributed by atoms with van der Waals surface area (Å²) < 4.78 is 7.71. The molecule has 150 valence electrons. The monoisotopic (exact) mass is 390 g/mol. The van der Waals surface area contributed by atoms with Crippen molar-refractivity contribution in [3.05, 3.63) is 77.6 Å². The van der Waals surface area contributed by atoms with Crippen LogP contribution >= 0.6 is 0 Å². The lowest BCUT2D eigenvalue weighted by atomic mass is 10.2. The molecule has 3 aromatic rings. The lowest BCUT2D eigenvalue weighted by Crippen LogP contribution is -2.24. The Hall–Kier alpha value is -3.54. The number of ether oxygens (including phenoxy) is 1. The third-order valence-electron chi connectivity index (χ3n) is 4.58. The van der Waals surface area contributed by atoms with Crippen molar-refractivity contribution >= 4 is 17.8 Å². The van der Waals surface area contributed by atoms with E-state index in [1.54, 1.807) is 6.21 Å². The maximum atomic E-state index is 12.0. The highest BCUT2D eigenvalue weighted by Crippen LogP contribution is 2.20. The topological polar surface area (TPSA) is 58.9 Å². The Bertz CT molecular complexity index is 1010. The molecule has 0 aliphatic carbocycles. The summed E-state index contributed by atoms with van der Waals surface area (Å²) in [5, 5.41) is 4.08. The lowest BCUT2D eigenvalue weighted by molar-refractivity contribution is -0.123. The number of amides is 1. The molecule has 0 fully saturated rings. The summed E-state index contributed by atoms with van der Waals surface area (Å²) in [4.78, 5) is 14.0. The van der Waals surface area contributed by atoms with Gasteiger partial charge >= 0.3 is 0 Å². The van der Waals surface area contributed by atoms with Crippen molar-refractivity contribution < 1.29 is 9.53 Å². The van der Waals surface area contributed by atoms with Crippen LogP contribution in [-0.2, 0) is 4.79 Å². The fraction of sp³-hybridized carbons (Fsp3) is 0.217. The number of aryl methyl sites for hydroxylation is 1. The van der Waals surface area contributed by atoms with Gasteiger partial charge in [0.05, 0.1) is 6.21 Å². The number of anilines is 1. The first-order valence-electron chi connectivity index (χ1n) is 9.42. The van der Waals surface area contributed by atoms with Crippen LogP contribution in [0.5, 0.6) is 5.75 Å². The van der Waals surface area contributed by atoms with E-state index < -0.39 is 0 Å². The van der Waals surface area contributed by atoms with Gasteiger partial charge in [-0.1, -0.05) is 24.3 Å². The molecule has 29 heavy (non-hydrogen) atoms. The number of carbonyl (C=O) groups excluding carboxylic acids is 1. The smallest absolute Gasteiger partial charge is 0.277 e. The second-order valence-electron chi connectivity index (χ2n) is 6.97. The first-order valence-corrected chi connectivity index (χ1v) is 9.42. The van der Waals surface area contributed by atoms with Crippen molar-refractivity contribution in [3.8, 4) is 11.4 Å². The molecule has 0 saturated heterocycles. The molecule has 1 aromatic heterocycles. The van der Waals surface area contributed by atoms with Crippen molar-refractivity contribution in [2.24, 2.45) is 5.10 Å². The summed E-state index contributed by atoms with van der Waals surface area (Å²) in [7, 11) is 3.91. The molecule has 0 atom stereocenters. The maximum absolute atomic E-state index is 12.0. The van der Waals surface area contributed by atoms with Crippen LogP contribution in [0.15, 0.2) is 65.8 Å². The van der Waals surface area contributed by atoms with Crippen molar-refractivity contribution in [2.75, 3.05) is 25.6 Å². The van der Waals surface area contributed by atoms with E-state index >= 15 is 0 Å². The number of benzene rings is 2. The quantitative estimate of drug-likeness (QED) is 0.494. The predicted octanol–water partition coefficient (Wildman–Crippen LogP) is 3.69. The van der Waals surface area contributed by atoms with E-state index in [9.17, 15) is 4.79 Å². The summed E-state index contributed by atoms with van der Waals surface area (Å²) in [5.74, 6) is 0.329. The van der Waals surface area contributed by atoms with Crippen LogP contribution in [0.25, 0.3) is 5.69 Å². The molecule has 0 unspecified atom stereocenters. The molecule has 0 aliphatic heterocycles. The van der Waals surface area contributed by atoms with E-state index in [-0.39, 0.29) is 12.5 Å². The Labute approximate surface area is 171 Å². The SMILES string of the molecule is Cc1cc(/C=N/NC(=O)COc2cccc(N(C)C)c2)c(C)n1-c1ccccc1. The predicted molar refractivity (Wildman–Crippen MR) is 117 cm³/mol. The largest absolute Gasteiger partial charge is 0.484 e. The molecule has 0 radical (unpaired) electrons. The number of hydrogen-bond donors (Lipinski definition) is 1. The number of hydrogen-bond acceptors (Lipinski definition) is 4. The van der Waals surface area contributed by atoms with Gasteiger partial charge in [-0.2, -0.15) is 5.10 Å². The number of nitrogens with one attached hydrogen (secondary N) is 1. The van der Waals surface area contributed by atoms with Gasteiger partial charge in [0, 0.05) is 48.5 Å². The average molecular weight is 390 g/mol. The average Bonchev–Trinajstić information content (AvgIpc) is 3.00. The van der Waals surface area contributed by atoms with E-state index in [1.165, 1.54) is 0 Å². The van der Waals surface area contributed by atoms with Gasteiger partial charge in [-0.3, -0.25) is 4.79 Å². The highest BCUT2D eigenvalue weighted by molar-refractivity contribution is 5.84. The number of nitrogens with zero attached hydrogens (tertiary/aromatic N) is 3. The standard InChI is InChI=1S/C23H26N4O2/c1-17-13-19(18(2)27(17)20-9-6-5-7-10-20)15-24-25-23(28)16-29-22-12-8-11-21(14-22)26(3)4/h5-15H,16H2,1-4H3,(H,25,28)/b24-15+. The van der Waals surface area contributed by atoms with Crippen LogP contribution in [0.1, 0.15) is 17.0 Å². The Morgan fingerprint density at radius 1 is 1.10 bits per heavy atom. The number of hydrazone groups is 1. The fourth-order valence-corrected chi connectivity index (χ4v) is 3.10. The minimum Gasteiger partial charge on any atom is -0.484 e. The van der Waals surface area contributed by atoms with E-state index in [2.05, 4.69) is 27.2 Å². The van der Waals surface area contributed by atoms with Crippen LogP contribution in [0.2, 0.25) is 0 Å². The summed E-state index contributed by atoms with van der Waals surface area (Å²) in [5.41, 5.74) is 7.74. The van der Waals surface area contributed by atoms with E-state index in [1.807, 2.05) is 81.4 Å². The zero-order valence-electron chi connectivity index (χ0n) is 17.2. The normalized spacial score (nSPS) is 10.9.